The Hall–Kier alpha value is -3.40. The molecule has 0 spiro atoms. The number of carbonyl (C=O) groups is 1. The second-order valence-electron chi connectivity index (χ2n) is 6.57. The highest BCUT2D eigenvalue weighted by Crippen LogP contribution is 2.25. The number of rotatable bonds is 6. The maximum atomic E-state index is 12.7. The lowest BCUT2D eigenvalue weighted by Gasteiger charge is -2.13. The van der Waals surface area contributed by atoms with Crippen LogP contribution in [-0.2, 0) is 0 Å². The topological polar surface area (TPSA) is 140 Å². The molecule has 10 heteroatoms. The van der Waals surface area contributed by atoms with E-state index in [1.165, 1.54) is 11.7 Å². The summed E-state index contributed by atoms with van der Waals surface area (Å²) in [5, 5.41) is 6.51. The van der Waals surface area contributed by atoms with Crippen LogP contribution in [0.1, 0.15) is 23.3 Å². The highest BCUT2D eigenvalue weighted by Gasteiger charge is 2.21. The number of nitrogens with one attached hydrogen (secondary N) is 3. The van der Waals surface area contributed by atoms with Crippen molar-refractivity contribution in [3.8, 4) is 11.4 Å². The number of methoxy groups -OCH3 is 1. The van der Waals surface area contributed by atoms with Crippen LogP contribution in [0.5, 0.6) is 5.75 Å². The lowest BCUT2D eigenvalue weighted by Crippen LogP contribution is -2.30. The van der Waals surface area contributed by atoms with Gasteiger partial charge in [-0.15, -0.1) is 0 Å². The molecule has 0 bridgehead atoms. The standard InChI is InChI=1S/C18H21N7O3/c1-28-12-7-3-2-6-11(12)25-16-14(23-18(25)27)13(15(19)26)22-17(24-16)21-9-10-5-4-8-20-10/h2-3,6-7,10,20H,4-5,8-9H2,1H3,(H2,19,26)(H,23,27)(H,21,22,24)/t10-/m0/s1. The molecule has 1 fully saturated rings. The zero-order valence-corrected chi connectivity index (χ0v) is 15.4. The van der Waals surface area contributed by atoms with Gasteiger partial charge in [-0.1, -0.05) is 12.1 Å². The molecule has 1 amide bonds. The Morgan fingerprint density at radius 3 is 2.93 bits per heavy atom. The molecule has 2 aromatic heterocycles. The van der Waals surface area contributed by atoms with Gasteiger partial charge in [0.25, 0.3) is 5.91 Å². The molecule has 0 radical (unpaired) electrons. The van der Waals surface area contributed by atoms with Crippen molar-refractivity contribution in [1.29, 1.82) is 0 Å². The summed E-state index contributed by atoms with van der Waals surface area (Å²) in [6.07, 6.45) is 2.16. The number of anilines is 1. The fraction of sp³-hybridized carbons (Fsp3) is 0.333. The van der Waals surface area contributed by atoms with Gasteiger partial charge in [-0.05, 0) is 31.5 Å². The summed E-state index contributed by atoms with van der Waals surface area (Å²) in [7, 11) is 1.52. The predicted octanol–water partition coefficient (Wildman–Crippen LogP) is 0.380. The first-order chi connectivity index (χ1) is 13.6. The molecule has 1 aliphatic rings. The second-order valence-corrected chi connectivity index (χ2v) is 6.57. The van der Waals surface area contributed by atoms with Crippen LogP contribution in [-0.4, -0.2) is 51.7 Å². The smallest absolute Gasteiger partial charge is 0.332 e. The van der Waals surface area contributed by atoms with Gasteiger partial charge in [0.05, 0.1) is 12.8 Å². The molecule has 1 aromatic carbocycles. The molecular weight excluding hydrogens is 362 g/mol. The van der Waals surface area contributed by atoms with Crippen LogP contribution < -0.4 is 26.8 Å². The molecule has 10 nitrogen and oxygen atoms in total. The Bertz CT molecular complexity index is 1080. The molecule has 28 heavy (non-hydrogen) atoms. The number of primary amides is 1. The number of aromatic nitrogens is 4. The molecule has 0 unspecified atom stereocenters. The maximum absolute atomic E-state index is 12.7. The Kier molecular flexibility index (Phi) is 4.70. The number of H-pyrrole nitrogens is 1. The third-order valence-electron chi connectivity index (χ3n) is 4.77. The van der Waals surface area contributed by atoms with Gasteiger partial charge in [-0.25, -0.2) is 14.3 Å². The number of hydrogen-bond acceptors (Lipinski definition) is 7. The van der Waals surface area contributed by atoms with E-state index in [-0.39, 0.29) is 22.8 Å². The third kappa shape index (κ3) is 3.18. The fourth-order valence-corrected chi connectivity index (χ4v) is 3.43. The quantitative estimate of drug-likeness (QED) is 0.482. The third-order valence-corrected chi connectivity index (χ3v) is 4.77. The molecule has 0 saturated carbocycles. The van der Waals surface area contributed by atoms with Gasteiger partial charge in [-0.3, -0.25) is 4.79 Å². The van der Waals surface area contributed by atoms with Crippen molar-refractivity contribution >= 4 is 23.0 Å². The average Bonchev–Trinajstić information content (AvgIpc) is 3.32. The van der Waals surface area contributed by atoms with Gasteiger partial charge < -0.3 is 26.1 Å². The largest absolute Gasteiger partial charge is 0.495 e. The molecule has 0 aliphatic carbocycles. The highest BCUT2D eigenvalue weighted by atomic mass is 16.5. The molecule has 3 heterocycles. The van der Waals surface area contributed by atoms with Gasteiger partial charge in [0.15, 0.2) is 11.3 Å². The van der Waals surface area contributed by atoms with Crippen LogP contribution in [0.2, 0.25) is 0 Å². The van der Waals surface area contributed by atoms with Crippen LogP contribution in [0.25, 0.3) is 16.9 Å². The number of benzene rings is 1. The van der Waals surface area contributed by atoms with E-state index in [1.807, 2.05) is 0 Å². The van der Waals surface area contributed by atoms with Crippen molar-refractivity contribution in [2.75, 3.05) is 25.5 Å². The number of amides is 1. The number of hydrogen-bond donors (Lipinski definition) is 4. The number of nitrogens with zero attached hydrogens (tertiary/aromatic N) is 3. The van der Waals surface area contributed by atoms with Crippen LogP contribution in [0.4, 0.5) is 5.95 Å². The van der Waals surface area contributed by atoms with Crippen LogP contribution in [0, 0.1) is 0 Å². The van der Waals surface area contributed by atoms with E-state index in [0.29, 0.717) is 24.0 Å². The fourth-order valence-electron chi connectivity index (χ4n) is 3.43. The van der Waals surface area contributed by atoms with Crippen molar-refractivity contribution in [3.63, 3.8) is 0 Å². The predicted molar refractivity (Wildman–Crippen MR) is 104 cm³/mol. The van der Waals surface area contributed by atoms with E-state index in [1.54, 1.807) is 24.3 Å². The Morgan fingerprint density at radius 2 is 2.21 bits per heavy atom. The average molecular weight is 383 g/mol. The van der Waals surface area contributed by atoms with E-state index in [9.17, 15) is 9.59 Å². The van der Waals surface area contributed by atoms with E-state index in [0.717, 1.165) is 19.4 Å². The summed E-state index contributed by atoms with van der Waals surface area (Å²) < 4.78 is 6.71. The normalized spacial score (nSPS) is 16.4. The van der Waals surface area contributed by atoms with Crippen molar-refractivity contribution in [3.05, 3.63) is 40.4 Å². The van der Waals surface area contributed by atoms with Gasteiger partial charge in [0.2, 0.25) is 5.95 Å². The summed E-state index contributed by atoms with van der Waals surface area (Å²) >= 11 is 0. The minimum Gasteiger partial charge on any atom is -0.495 e. The minimum atomic E-state index is -0.747. The van der Waals surface area contributed by atoms with Crippen molar-refractivity contribution in [2.24, 2.45) is 5.73 Å². The number of carbonyl (C=O) groups excluding carboxylic acids is 1. The summed E-state index contributed by atoms with van der Waals surface area (Å²) in [4.78, 5) is 35.9. The van der Waals surface area contributed by atoms with Gasteiger partial charge >= 0.3 is 5.69 Å². The minimum absolute atomic E-state index is 0.0439. The number of imidazole rings is 1. The summed E-state index contributed by atoms with van der Waals surface area (Å²) in [5.74, 6) is -0.0186. The van der Waals surface area contributed by atoms with Crippen molar-refractivity contribution < 1.29 is 9.53 Å². The van der Waals surface area contributed by atoms with Crippen LogP contribution in [0.3, 0.4) is 0 Å². The lowest BCUT2D eigenvalue weighted by atomic mass is 10.2. The number of para-hydroxylation sites is 2. The van der Waals surface area contributed by atoms with Crippen molar-refractivity contribution in [1.82, 2.24) is 24.8 Å². The molecule has 1 saturated heterocycles. The summed E-state index contributed by atoms with van der Waals surface area (Å²) in [6.45, 7) is 1.58. The number of fused-ring (bicyclic) bond motifs is 1. The highest BCUT2D eigenvalue weighted by molar-refractivity contribution is 6.02. The number of aromatic amines is 1. The van der Waals surface area contributed by atoms with E-state index in [4.69, 9.17) is 10.5 Å². The first kappa shape index (κ1) is 18.0. The molecule has 1 aliphatic heterocycles. The first-order valence-corrected chi connectivity index (χ1v) is 9.01. The second kappa shape index (κ2) is 7.31. The number of ether oxygens (including phenoxy) is 1. The van der Waals surface area contributed by atoms with E-state index in [2.05, 4.69) is 25.6 Å². The zero-order valence-electron chi connectivity index (χ0n) is 15.4. The van der Waals surface area contributed by atoms with Gasteiger partial charge in [0, 0.05) is 12.6 Å². The molecular formula is C18H21N7O3. The van der Waals surface area contributed by atoms with Crippen LogP contribution in [0.15, 0.2) is 29.1 Å². The molecule has 5 N–H and O–H groups in total. The number of nitrogens with two attached hydrogens (primary N) is 1. The SMILES string of the molecule is COc1ccccc1-n1c(=O)[nH]c2c(C(N)=O)nc(NC[C@@H]3CCCN3)nc21. The Morgan fingerprint density at radius 1 is 1.39 bits per heavy atom. The van der Waals surface area contributed by atoms with Crippen LogP contribution >= 0.6 is 0 Å². The molecule has 1 atom stereocenters. The Balaban J connectivity index is 1.85. The molecule has 146 valence electrons. The summed E-state index contributed by atoms with van der Waals surface area (Å²) in [5.41, 5.74) is 5.92. The lowest BCUT2D eigenvalue weighted by molar-refractivity contribution is 0.0997. The van der Waals surface area contributed by atoms with E-state index >= 15 is 0 Å². The van der Waals surface area contributed by atoms with Gasteiger partial charge in [0.1, 0.15) is 11.3 Å². The Labute approximate surface area is 160 Å². The van der Waals surface area contributed by atoms with Gasteiger partial charge in [-0.2, -0.15) is 4.98 Å². The first-order valence-electron chi connectivity index (χ1n) is 9.01. The maximum Gasteiger partial charge on any atom is 0.332 e. The monoisotopic (exact) mass is 383 g/mol. The van der Waals surface area contributed by atoms with Crippen molar-refractivity contribution in [2.45, 2.75) is 18.9 Å². The zero-order chi connectivity index (χ0) is 19.7. The summed E-state index contributed by atoms with van der Waals surface area (Å²) in [6, 6.07) is 7.35. The van der Waals surface area contributed by atoms with E-state index < -0.39 is 11.6 Å². The molecule has 3 aromatic rings. The molecule has 4 rings (SSSR count).